The van der Waals surface area contributed by atoms with E-state index in [0.717, 1.165) is 39.0 Å². The number of benzene rings is 1. The van der Waals surface area contributed by atoms with E-state index in [1.165, 1.54) is 40.8 Å². The van der Waals surface area contributed by atoms with Gasteiger partial charge >= 0.3 is 0 Å². The van der Waals surface area contributed by atoms with Crippen LogP contribution >= 0.6 is 0 Å². The SMILES string of the molecule is C=C1CCNC/C1=C(\CCCNCC)NC.CCC.Cc1ccc(C)cc1. The summed E-state index contributed by atoms with van der Waals surface area (Å²) in [7, 11) is 2.01. The molecule has 1 heterocycles. The Morgan fingerprint density at radius 3 is 2.07 bits per heavy atom. The molecule has 1 aromatic carbocycles. The zero-order chi connectivity index (χ0) is 20.5. The molecule has 1 saturated heterocycles. The third-order valence-electron chi connectivity index (χ3n) is 4.25. The summed E-state index contributed by atoms with van der Waals surface area (Å²) in [5, 5.41) is 10.1. The second-order valence-electron chi connectivity index (χ2n) is 7.06. The average Bonchev–Trinajstić information content (AvgIpc) is 2.66. The van der Waals surface area contributed by atoms with Gasteiger partial charge in [-0.15, -0.1) is 0 Å². The molecule has 27 heavy (non-hydrogen) atoms. The highest BCUT2D eigenvalue weighted by Crippen LogP contribution is 2.20. The molecular formula is C24H43N3. The summed E-state index contributed by atoms with van der Waals surface area (Å²) < 4.78 is 0. The van der Waals surface area contributed by atoms with E-state index < -0.39 is 0 Å². The van der Waals surface area contributed by atoms with E-state index >= 15 is 0 Å². The van der Waals surface area contributed by atoms with Gasteiger partial charge < -0.3 is 16.0 Å². The van der Waals surface area contributed by atoms with E-state index in [4.69, 9.17) is 0 Å². The predicted octanol–water partition coefficient (Wildman–Crippen LogP) is 5.12. The number of allylic oxidation sites excluding steroid dienone is 1. The maximum atomic E-state index is 4.16. The van der Waals surface area contributed by atoms with Gasteiger partial charge in [0.1, 0.15) is 0 Å². The number of rotatable bonds is 6. The van der Waals surface area contributed by atoms with Crippen molar-refractivity contribution in [2.75, 3.05) is 33.2 Å². The number of nitrogens with one attached hydrogen (secondary N) is 3. The molecule has 154 valence electrons. The third kappa shape index (κ3) is 12.4. The van der Waals surface area contributed by atoms with E-state index in [9.17, 15) is 0 Å². The molecule has 0 saturated carbocycles. The van der Waals surface area contributed by atoms with Crippen molar-refractivity contribution in [2.24, 2.45) is 0 Å². The summed E-state index contributed by atoms with van der Waals surface area (Å²) in [6.07, 6.45) is 4.62. The summed E-state index contributed by atoms with van der Waals surface area (Å²) in [6, 6.07) is 8.48. The van der Waals surface area contributed by atoms with E-state index in [1.54, 1.807) is 0 Å². The molecule has 0 atom stereocenters. The maximum absolute atomic E-state index is 4.16. The van der Waals surface area contributed by atoms with Gasteiger partial charge in [0.25, 0.3) is 0 Å². The molecule has 0 radical (unpaired) electrons. The Labute approximate surface area is 168 Å². The summed E-state index contributed by atoms with van der Waals surface area (Å²) in [5.41, 5.74) is 6.71. The highest BCUT2D eigenvalue weighted by molar-refractivity contribution is 5.35. The monoisotopic (exact) mass is 373 g/mol. The van der Waals surface area contributed by atoms with Gasteiger partial charge in [-0.1, -0.05) is 69.2 Å². The van der Waals surface area contributed by atoms with Crippen molar-refractivity contribution in [3.8, 4) is 0 Å². The van der Waals surface area contributed by atoms with E-state index in [2.05, 4.69) is 81.4 Å². The standard InChI is InChI=1S/C13H25N3.C8H10.C3H8/c1-4-15-8-5-6-13(14-3)12-10-16-9-7-11(12)2;1-7-3-5-8(2)6-4-7;1-3-2/h14-16H,2,4-10H2,1,3H3;3-6H,1-2H3;3H2,1-2H3/b13-12-;;. The average molecular weight is 374 g/mol. The van der Waals surface area contributed by atoms with Crippen LogP contribution in [0.25, 0.3) is 0 Å². The van der Waals surface area contributed by atoms with Gasteiger partial charge in [0.2, 0.25) is 0 Å². The van der Waals surface area contributed by atoms with Crippen LogP contribution < -0.4 is 16.0 Å². The highest BCUT2D eigenvalue weighted by Gasteiger charge is 2.13. The van der Waals surface area contributed by atoms with E-state index in [-0.39, 0.29) is 0 Å². The summed E-state index contributed by atoms with van der Waals surface area (Å²) in [5.74, 6) is 0. The Morgan fingerprint density at radius 2 is 1.63 bits per heavy atom. The quantitative estimate of drug-likeness (QED) is 0.606. The fourth-order valence-corrected chi connectivity index (χ4v) is 2.68. The molecule has 0 unspecified atom stereocenters. The first kappa shape index (κ1) is 25.4. The van der Waals surface area contributed by atoms with Crippen molar-refractivity contribution in [1.29, 1.82) is 0 Å². The Morgan fingerprint density at radius 1 is 1.07 bits per heavy atom. The fraction of sp³-hybridized carbons (Fsp3) is 0.583. The molecule has 1 aliphatic rings. The summed E-state index contributed by atoms with van der Waals surface area (Å²) in [6.45, 7) is 18.9. The second kappa shape index (κ2) is 16.6. The highest BCUT2D eigenvalue weighted by atomic mass is 14.9. The Hall–Kier alpha value is -1.58. The summed E-state index contributed by atoms with van der Waals surface area (Å²) >= 11 is 0. The van der Waals surface area contributed by atoms with E-state index in [1.807, 2.05) is 7.05 Å². The lowest BCUT2D eigenvalue weighted by molar-refractivity contribution is 0.634. The Kier molecular flexibility index (Phi) is 15.6. The van der Waals surface area contributed by atoms with Gasteiger partial charge in [0.15, 0.2) is 0 Å². The molecule has 3 N–H and O–H groups in total. The van der Waals surface area contributed by atoms with Crippen LogP contribution in [0.3, 0.4) is 0 Å². The normalized spacial score (nSPS) is 15.1. The van der Waals surface area contributed by atoms with Crippen LogP contribution in [0.1, 0.15) is 57.6 Å². The first-order chi connectivity index (χ1) is 13.0. The van der Waals surface area contributed by atoms with Gasteiger partial charge in [0, 0.05) is 19.3 Å². The van der Waals surface area contributed by atoms with Crippen LogP contribution in [0.4, 0.5) is 0 Å². The predicted molar refractivity (Wildman–Crippen MR) is 122 cm³/mol. The fourth-order valence-electron chi connectivity index (χ4n) is 2.68. The van der Waals surface area contributed by atoms with Crippen molar-refractivity contribution in [1.82, 2.24) is 16.0 Å². The van der Waals surface area contributed by atoms with Crippen molar-refractivity contribution < 1.29 is 0 Å². The van der Waals surface area contributed by atoms with Gasteiger partial charge in [-0.2, -0.15) is 0 Å². The van der Waals surface area contributed by atoms with Crippen molar-refractivity contribution in [3.05, 3.63) is 58.8 Å². The minimum absolute atomic E-state index is 0.968. The largest absolute Gasteiger partial charge is 0.391 e. The number of piperidine rings is 1. The lowest BCUT2D eigenvalue weighted by Gasteiger charge is -2.22. The Bertz CT molecular complexity index is 508. The molecule has 1 aromatic rings. The van der Waals surface area contributed by atoms with E-state index in [0.29, 0.717) is 0 Å². The van der Waals surface area contributed by atoms with Crippen molar-refractivity contribution in [2.45, 2.75) is 60.3 Å². The van der Waals surface area contributed by atoms with Crippen molar-refractivity contribution in [3.63, 3.8) is 0 Å². The molecule has 1 aliphatic heterocycles. The van der Waals surface area contributed by atoms with Crippen LogP contribution in [0.15, 0.2) is 47.7 Å². The minimum Gasteiger partial charge on any atom is -0.391 e. The first-order valence-corrected chi connectivity index (χ1v) is 10.5. The number of aryl methyl sites for hydroxylation is 2. The molecule has 0 bridgehead atoms. The van der Waals surface area contributed by atoms with Gasteiger partial charge in [-0.05, 0) is 63.9 Å². The molecule has 0 amide bonds. The molecule has 1 fully saturated rings. The second-order valence-corrected chi connectivity index (χ2v) is 7.06. The zero-order valence-electron chi connectivity index (χ0n) is 18.7. The number of hydrogen-bond acceptors (Lipinski definition) is 3. The minimum atomic E-state index is 0.968. The first-order valence-electron chi connectivity index (χ1n) is 10.5. The van der Waals surface area contributed by atoms with Gasteiger partial charge in [0.05, 0.1) is 0 Å². The molecule has 0 spiro atoms. The number of hydrogen-bond donors (Lipinski definition) is 3. The van der Waals surface area contributed by atoms with Crippen LogP contribution in [-0.4, -0.2) is 33.2 Å². The van der Waals surface area contributed by atoms with Crippen LogP contribution in [0, 0.1) is 13.8 Å². The van der Waals surface area contributed by atoms with Gasteiger partial charge in [-0.3, -0.25) is 0 Å². The van der Waals surface area contributed by atoms with Crippen LogP contribution in [-0.2, 0) is 0 Å². The smallest absolute Gasteiger partial charge is 0.0225 e. The lowest BCUT2D eigenvalue weighted by Crippen LogP contribution is -2.28. The lowest BCUT2D eigenvalue weighted by atomic mass is 9.97. The molecule has 3 heteroatoms. The van der Waals surface area contributed by atoms with Gasteiger partial charge in [-0.25, -0.2) is 0 Å². The Balaban J connectivity index is 0.000000509. The zero-order valence-corrected chi connectivity index (χ0v) is 18.7. The van der Waals surface area contributed by atoms with Crippen LogP contribution in [0.5, 0.6) is 0 Å². The topological polar surface area (TPSA) is 36.1 Å². The van der Waals surface area contributed by atoms with Crippen molar-refractivity contribution >= 4 is 0 Å². The molecule has 0 aromatic heterocycles. The third-order valence-corrected chi connectivity index (χ3v) is 4.25. The molecule has 3 nitrogen and oxygen atoms in total. The molecule has 2 rings (SSSR count). The molecular weight excluding hydrogens is 330 g/mol. The van der Waals surface area contributed by atoms with Crippen LogP contribution in [0.2, 0.25) is 0 Å². The maximum Gasteiger partial charge on any atom is 0.0225 e. The molecule has 0 aliphatic carbocycles. The summed E-state index contributed by atoms with van der Waals surface area (Å²) in [4.78, 5) is 0.